The molecule has 0 aliphatic rings. The summed E-state index contributed by atoms with van der Waals surface area (Å²) in [5.74, 6) is 0.0990. The summed E-state index contributed by atoms with van der Waals surface area (Å²) in [6, 6.07) is 6.79. The van der Waals surface area contributed by atoms with Gasteiger partial charge in [0.1, 0.15) is 17.2 Å². The Balaban J connectivity index is 2.79. The molecule has 0 saturated carbocycles. The number of aryl methyl sites for hydroxylation is 1. The Morgan fingerprint density at radius 1 is 1.43 bits per heavy atom. The molecule has 1 aromatic carbocycles. The molecule has 0 atom stereocenters. The Morgan fingerprint density at radius 3 is 2.93 bits per heavy atom. The third kappa shape index (κ3) is 1.31. The van der Waals surface area contributed by atoms with Crippen molar-refractivity contribution < 1.29 is 4.39 Å². The van der Waals surface area contributed by atoms with Gasteiger partial charge in [0.15, 0.2) is 0 Å². The molecule has 2 N–H and O–H groups in total. The van der Waals surface area contributed by atoms with Crippen LogP contribution in [0.5, 0.6) is 0 Å². The molecular formula is C11H11FN2. The lowest BCUT2D eigenvalue weighted by Crippen LogP contribution is -1.98. The fourth-order valence-corrected chi connectivity index (χ4v) is 1.50. The molecule has 2 nitrogen and oxygen atoms in total. The number of hydrogen-bond donors (Lipinski definition) is 1. The first-order valence-electron chi connectivity index (χ1n) is 4.56. The van der Waals surface area contributed by atoms with Crippen molar-refractivity contribution >= 4 is 16.7 Å². The minimum Gasteiger partial charge on any atom is -0.383 e. The Hall–Kier alpha value is -1.64. The maximum Gasteiger partial charge on any atom is 0.149 e. The average molecular weight is 190 g/mol. The summed E-state index contributed by atoms with van der Waals surface area (Å²) < 4.78 is 13.3. The predicted molar refractivity (Wildman–Crippen MR) is 55.5 cm³/mol. The number of nitrogen functional groups attached to an aromatic ring is 1. The summed E-state index contributed by atoms with van der Waals surface area (Å²) in [4.78, 5) is 4.05. The number of aromatic nitrogens is 1. The van der Waals surface area contributed by atoms with Crippen molar-refractivity contribution in [2.75, 3.05) is 5.73 Å². The van der Waals surface area contributed by atoms with Crippen LogP contribution in [-0.4, -0.2) is 4.98 Å². The van der Waals surface area contributed by atoms with Gasteiger partial charge < -0.3 is 5.73 Å². The van der Waals surface area contributed by atoms with E-state index in [1.165, 1.54) is 6.07 Å². The van der Waals surface area contributed by atoms with E-state index < -0.39 is 0 Å². The number of anilines is 1. The standard InChI is InChI=1S/C11H11FN2/c1-2-7-6-8-4-3-5-9(12)10(8)14-11(7)13/h3-6H,2H2,1H3,(H2,13,14). The number of nitrogens with two attached hydrogens (primary N) is 1. The molecule has 0 fully saturated rings. The Labute approximate surface area is 81.6 Å². The number of para-hydroxylation sites is 1. The molecule has 0 aliphatic carbocycles. The molecule has 0 bridgehead atoms. The molecule has 1 heterocycles. The molecule has 14 heavy (non-hydrogen) atoms. The Bertz CT molecular complexity index is 480. The topological polar surface area (TPSA) is 38.9 Å². The second-order valence-corrected chi connectivity index (χ2v) is 3.20. The monoisotopic (exact) mass is 190 g/mol. The van der Waals surface area contributed by atoms with Crippen LogP contribution in [-0.2, 0) is 6.42 Å². The van der Waals surface area contributed by atoms with Crippen molar-refractivity contribution in [2.45, 2.75) is 13.3 Å². The van der Waals surface area contributed by atoms with Gasteiger partial charge in [-0.2, -0.15) is 0 Å². The van der Waals surface area contributed by atoms with Crippen molar-refractivity contribution in [1.82, 2.24) is 4.98 Å². The van der Waals surface area contributed by atoms with Crippen LogP contribution in [0.4, 0.5) is 10.2 Å². The largest absolute Gasteiger partial charge is 0.383 e. The molecule has 2 aromatic rings. The van der Waals surface area contributed by atoms with Crippen LogP contribution >= 0.6 is 0 Å². The van der Waals surface area contributed by atoms with Gasteiger partial charge in [-0.3, -0.25) is 0 Å². The molecule has 1 aromatic heterocycles. The summed E-state index contributed by atoms with van der Waals surface area (Å²) in [7, 11) is 0. The predicted octanol–water partition coefficient (Wildman–Crippen LogP) is 2.52. The van der Waals surface area contributed by atoms with Crippen LogP contribution in [0.15, 0.2) is 24.3 Å². The molecule has 0 aliphatic heterocycles. The maximum atomic E-state index is 13.3. The van der Waals surface area contributed by atoms with Crippen LogP contribution in [0.1, 0.15) is 12.5 Å². The van der Waals surface area contributed by atoms with Crippen LogP contribution in [0.3, 0.4) is 0 Å². The van der Waals surface area contributed by atoms with Gasteiger partial charge in [0.25, 0.3) is 0 Å². The molecule has 0 saturated heterocycles. The van der Waals surface area contributed by atoms with E-state index in [-0.39, 0.29) is 5.82 Å². The summed E-state index contributed by atoms with van der Waals surface area (Å²) in [6.45, 7) is 2.00. The highest BCUT2D eigenvalue weighted by atomic mass is 19.1. The quantitative estimate of drug-likeness (QED) is 0.750. The number of rotatable bonds is 1. The van der Waals surface area contributed by atoms with Crippen molar-refractivity contribution in [3.8, 4) is 0 Å². The molecule has 72 valence electrons. The summed E-state index contributed by atoms with van der Waals surface area (Å²) in [5, 5.41) is 0.802. The molecule has 2 rings (SSSR count). The number of halogens is 1. The zero-order chi connectivity index (χ0) is 10.1. The van der Waals surface area contributed by atoms with E-state index >= 15 is 0 Å². The minimum atomic E-state index is -0.322. The molecule has 0 unspecified atom stereocenters. The smallest absolute Gasteiger partial charge is 0.149 e. The van der Waals surface area contributed by atoms with Crippen LogP contribution < -0.4 is 5.73 Å². The van der Waals surface area contributed by atoms with Gasteiger partial charge in [-0.05, 0) is 24.1 Å². The van der Waals surface area contributed by atoms with Crippen molar-refractivity contribution in [3.05, 3.63) is 35.6 Å². The van der Waals surface area contributed by atoms with Gasteiger partial charge >= 0.3 is 0 Å². The number of benzene rings is 1. The number of hydrogen-bond acceptors (Lipinski definition) is 2. The van der Waals surface area contributed by atoms with E-state index in [1.54, 1.807) is 6.07 Å². The first kappa shape index (κ1) is 8.94. The van der Waals surface area contributed by atoms with Gasteiger partial charge in [0, 0.05) is 5.39 Å². The van der Waals surface area contributed by atoms with E-state index in [9.17, 15) is 4.39 Å². The number of pyridine rings is 1. The summed E-state index contributed by atoms with van der Waals surface area (Å²) in [6.07, 6.45) is 0.811. The molecule has 0 radical (unpaired) electrons. The lowest BCUT2D eigenvalue weighted by atomic mass is 10.1. The highest BCUT2D eigenvalue weighted by Crippen LogP contribution is 2.20. The molecule has 0 spiro atoms. The van der Waals surface area contributed by atoms with Crippen LogP contribution in [0, 0.1) is 5.82 Å². The lowest BCUT2D eigenvalue weighted by molar-refractivity contribution is 0.637. The van der Waals surface area contributed by atoms with E-state index in [1.807, 2.05) is 19.1 Å². The van der Waals surface area contributed by atoms with Crippen molar-refractivity contribution in [3.63, 3.8) is 0 Å². The minimum absolute atomic E-state index is 0.322. The van der Waals surface area contributed by atoms with Crippen molar-refractivity contribution in [1.29, 1.82) is 0 Å². The maximum absolute atomic E-state index is 13.3. The van der Waals surface area contributed by atoms with E-state index in [0.717, 1.165) is 17.4 Å². The highest BCUT2D eigenvalue weighted by molar-refractivity contribution is 5.81. The first-order chi connectivity index (χ1) is 6.72. The van der Waals surface area contributed by atoms with E-state index in [2.05, 4.69) is 4.98 Å². The van der Waals surface area contributed by atoms with Gasteiger partial charge in [-0.15, -0.1) is 0 Å². The van der Waals surface area contributed by atoms with Crippen LogP contribution in [0.2, 0.25) is 0 Å². The fraction of sp³-hybridized carbons (Fsp3) is 0.182. The average Bonchev–Trinajstić information content (AvgIpc) is 2.19. The van der Waals surface area contributed by atoms with Gasteiger partial charge in [0.2, 0.25) is 0 Å². The lowest BCUT2D eigenvalue weighted by Gasteiger charge is -2.04. The highest BCUT2D eigenvalue weighted by Gasteiger charge is 2.05. The Morgan fingerprint density at radius 2 is 2.21 bits per heavy atom. The fourth-order valence-electron chi connectivity index (χ4n) is 1.50. The summed E-state index contributed by atoms with van der Waals surface area (Å²) in [5.41, 5.74) is 7.00. The molecule has 0 amide bonds. The zero-order valence-corrected chi connectivity index (χ0v) is 7.92. The second kappa shape index (κ2) is 3.25. The molecule has 3 heteroatoms. The zero-order valence-electron chi connectivity index (χ0n) is 7.92. The first-order valence-corrected chi connectivity index (χ1v) is 4.56. The second-order valence-electron chi connectivity index (χ2n) is 3.20. The normalized spacial score (nSPS) is 10.7. The molecular weight excluding hydrogens is 179 g/mol. The third-order valence-corrected chi connectivity index (χ3v) is 2.29. The Kier molecular flexibility index (Phi) is 2.08. The number of fused-ring (bicyclic) bond motifs is 1. The van der Waals surface area contributed by atoms with E-state index in [4.69, 9.17) is 5.73 Å². The van der Waals surface area contributed by atoms with Gasteiger partial charge in [0.05, 0.1) is 0 Å². The third-order valence-electron chi connectivity index (χ3n) is 2.29. The van der Waals surface area contributed by atoms with Gasteiger partial charge in [-0.25, -0.2) is 9.37 Å². The SMILES string of the molecule is CCc1cc2cccc(F)c2nc1N. The number of nitrogens with zero attached hydrogens (tertiary/aromatic N) is 1. The summed E-state index contributed by atoms with van der Waals surface area (Å²) >= 11 is 0. The van der Waals surface area contributed by atoms with E-state index in [0.29, 0.717) is 11.3 Å². The van der Waals surface area contributed by atoms with Crippen molar-refractivity contribution in [2.24, 2.45) is 0 Å². The van der Waals surface area contributed by atoms with Crippen LogP contribution in [0.25, 0.3) is 10.9 Å². The van der Waals surface area contributed by atoms with Gasteiger partial charge in [-0.1, -0.05) is 19.1 Å².